The van der Waals surface area contributed by atoms with E-state index < -0.39 is 0 Å². The normalized spacial score (nSPS) is 10.9. The zero-order valence-electron chi connectivity index (χ0n) is 10.8. The van der Waals surface area contributed by atoms with Gasteiger partial charge >= 0.3 is 0 Å². The highest BCUT2D eigenvalue weighted by Crippen LogP contribution is 2.29. The molecule has 0 radical (unpaired) electrons. The molecule has 1 aromatic carbocycles. The third kappa shape index (κ3) is 2.55. The summed E-state index contributed by atoms with van der Waals surface area (Å²) in [6.45, 7) is 0.858. The Labute approximate surface area is 125 Å². The minimum Gasteiger partial charge on any atom is -0.486 e. The van der Waals surface area contributed by atoms with Gasteiger partial charge in [0.15, 0.2) is 0 Å². The smallest absolute Gasteiger partial charge is 0.138 e. The summed E-state index contributed by atoms with van der Waals surface area (Å²) in [5, 5.41) is 0. The van der Waals surface area contributed by atoms with E-state index in [0.29, 0.717) is 13.2 Å². The molecule has 0 unspecified atom stereocenters. The van der Waals surface area contributed by atoms with Crippen LogP contribution >= 0.6 is 15.9 Å². The maximum atomic E-state index is 5.87. The van der Waals surface area contributed by atoms with Gasteiger partial charge in [-0.1, -0.05) is 18.2 Å². The number of nitrogens with two attached hydrogens (primary N) is 1. The molecule has 3 rings (SSSR count). The lowest BCUT2D eigenvalue weighted by Gasteiger charge is -2.11. The van der Waals surface area contributed by atoms with Crippen LogP contribution in [0.1, 0.15) is 11.3 Å². The van der Waals surface area contributed by atoms with Gasteiger partial charge in [0.1, 0.15) is 18.0 Å². The lowest BCUT2D eigenvalue weighted by atomic mass is 10.2. The van der Waals surface area contributed by atoms with Crippen molar-refractivity contribution < 1.29 is 4.74 Å². The number of pyridine rings is 1. The molecule has 0 aliphatic rings. The van der Waals surface area contributed by atoms with Crippen molar-refractivity contribution in [1.29, 1.82) is 0 Å². The average Bonchev–Trinajstić information content (AvgIpc) is 2.88. The second kappa shape index (κ2) is 5.64. The van der Waals surface area contributed by atoms with Crippen molar-refractivity contribution in [2.75, 3.05) is 0 Å². The Morgan fingerprint density at radius 2 is 2.10 bits per heavy atom. The third-order valence-corrected chi connectivity index (χ3v) is 3.67. The number of hydrogen-bond acceptors (Lipinski definition) is 3. The summed E-state index contributed by atoms with van der Waals surface area (Å²) in [7, 11) is 0. The minimum absolute atomic E-state index is 0.414. The van der Waals surface area contributed by atoms with Crippen molar-refractivity contribution in [2.45, 2.75) is 13.2 Å². The number of halogens is 1. The van der Waals surface area contributed by atoms with Crippen LogP contribution in [0.5, 0.6) is 5.75 Å². The van der Waals surface area contributed by atoms with Gasteiger partial charge in [-0.2, -0.15) is 0 Å². The average molecular weight is 332 g/mol. The topological polar surface area (TPSA) is 52.5 Å². The van der Waals surface area contributed by atoms with Gasteiger partial charge in [-0.25, -0.2) is 4.98 Å². The summed E-state index contributed by atoms with van der Waals surface area (Å²) in [5.41, 5.74) is 8.50. The van der Waals surface area contributed by atoms with E-state index in [2.05, 4.69) is 20.9 Å². The summed E-state index contributed by atoms with van der Waals surface area (Å²) in [6.07, 6.45) is 3.93. The monoisotopic (exact) mass is 331 g/mol. The van der Waals surface area contributed by atoms with Crippen LogP contribution in [0, 0.1) is 0 Å². The summed E-state index contributed by atoms with van der Waals surface area (Å²) in [6, 6.07) is 11.8. The molecule has 0 spiro atoms. The first-order valence-electron chi connectivity index (χ1n) is 6.31. The van der Waals surface area contributed by atoms with Crippen molar-refractivity contribution in [1.82, 2.24) is 9.38 Å². The van der Waals surface area contributed by atoms with E-state index in [9.17, 15) is 0 Å². The molecule has 102 valence electrons. The Morgan fingerprint density at radius 1 is 1.20 bits per heavy atom. The zero-order valence-corrected chi connectivity index (χ0v) is 12.4. The molecule has 0 amide bonds. The molecule has 0 saturated carbocycles. The minimum atomic E-state index is 0.414. The molecule has 0 bridgehead atoms. The molecular weight excluding hydrogens is 318 g/mol. The molecule has 0 saturated heterocycles. The van der Waals surface area contributed by atoms with Crippen molar-refractivity contribution in [3.63, 3.8) is 0 Å². The summed E-state index contributed by atoms with van der Waals surface area (Å²) in [5.74, 6) is 0.784. The van der Waals surface area contributed by atoms with Crippen molar-refractivity contribution in [3.8, 4) is 5.75 Å². The van der Waals surface area contributed by atoms with Crippen LogP contribution in [0.15, 0.2) is 53.3 Å². The van der Waals surface area contributed by atoms with Crippen LogP contribution in [0.3, 0.4) is 0 Å². The summed E-state index contributed by atoms with van der Waals surface area (Å²) < 4.78 is 8.75. The third-order valence-electron chi connectivity index (χ3n) is 3.05. The number of nitrogens with zero attached hydrogens (tertiary/aromatic N) is 2. The van der Waals surface area contributed by atoms with Gasteiger partial charge < -0.3 is 14.9 Å². The number of ether oxygens (including phenoxy) is 1. The van der Waals surface area contributed by atoms with E-state index in [-0.39, 0.29) is 0 Å². The molecular formula is C15H14BrN3O. The fourth-order valence-corrected chi connectivity index (χ4v) is 2.60. The summed E-state index contributed by atoms with van der Waals surface area (Å²) in [4.78, 5) is 4.50. The number of benzene rings is 1. The van der Waals surface area contributed by atoms with Gasteiger partial charge in [-0.15, -0.1) is 0 Å². The Morgan fingerprint density at radius 3 is 2.90 bits per heavy atom. The molecule has 2 heterocycles. The Hall–Kier alpha value is -1.85. The number of rotatable bonds is 4. The molecule has 0 atom stereocenters. The molecule has 5 heteroatoms. The Kier molecular flexibility index (Phi) is 3.71. The van der Waals surface area contributed by atoms with E-state index in [1.807, 2.05) is 53.2 Å². The van der Waals surface area contributed by atoms with Crippen LogP contribution in [-0.2, 0) is 13.2 Å². The first kappa shape index (κ1) is 13.1. The predicted molar refractivity (Wildman–Crippen MR) is 81.6 cm³/mol. The van der Waals surface area contributed by atoms with E-state index in [1.54, 1.807) is 0 Å². The highest BCUT2D eigenvalue weighted by molar-refractivity contribution is 9.10. The summed E-state index contributed by atoms with van der Waals surface area (Å²) >= 11 is 3.49. The quantitative estimate of drug-likeness (QED) is 0.799. The number of para-hydroxylation sites is 1. The number of imidazole rings is 1. The zero-order chi connectivity index (χ0) is 13.9. The highest BCUT2D eigenvalue weighted by Gasteiger charge is 2.08. The molecule has 0 fully saturated rings. The van der Waals surface area contributed by atoms with Crippen molar-refractivity contribution in [2.24, 2.45) is 5.73 Å². The van der Waals surface area contributed by atoms with Crippen LogP contribution < -0.4 is 10.5 Å². The molecule has 0 aliphatic carbocycles. The van der Waals surface area contributed by atoms with Gasteiger partial charge in [0.2, 0.25) is 0 Å². The van der Waals surface area contributed by atoms with Crippen LogP contribution in [-0.4, -0.2) is 9.38 Å². The van der Waals surface area contributed by atoms with E-state index >= 15 is 0 Å². The second-order valence-electron chi connectivity index (χ2n) is 4.42. The van der Waals surface area contributed by atoms with Gasteiger partial charge in [0.05, 0.1) is 10.2 Å². The maximum Gasteiger partial charge on any atom is 0.138 e. The number of fused-ring (bicyclic) bond motifs is 1. The first-order chi connectivity index (χ1) is 9.78. The van der Waals surface area contributed by atoms with Crippen molar-refractivity contribution in [3.05, 3.63) is 64.5 Å². The predicted octanol–water partition coefficient (Wildman–Crippen LogP) is 3.13. The molecule has 20 heavy (non-hydrogen) atoms. The largest absolute Gasteiger partial charge is 0.486 e. The fraction of sp³-hybridized carbons (Fsp3) is 0.133. The molecule has 0 aliphatic heterocycles. The van der Waals surface area contributed by atoms with Crippen LogP contribution in [0.2, 0.25) is 0 Å². The number of aromatic nitrogens is 2. The molecule has 2 aromatic heterocycles. The van der Waals surface area contributed by atoms with Crippen molar-refractivity contribution >= 4 is 21.6 Å². The first-order valence-corrected chi connectivity index (χ1v) is 7.10. The van der Waals surface area contributed by atoms with Gasteiger partial charge in [0, 0.05) is 24.5 Å². The highest BCUT2D eigenvalue weighted by atomic mass is 79.9. The van der Waals surface area contributed by atoms with Gasteiger partial charge in [0.25, 0.3) is 0 Å². The van der Waals surface area contributed by atoms with E-state index in [0.717, 1.165) is 27.1 Å². The second-order valence-corrected chi connectivity index (χ2v) is 5.27. The lowest BCUT2D eigenvalue weighted by molar-refractivity contribution is 0.297. The van der Waals surface area contributed by atoms with Crippen LogP contribution in [0.25, 0.3) is 5.65 Å². The SMILES string of the molecule is NCc1cccc(Br)c1OCc1cn2ccccc2n1. The van der Waals surface area contributed by atoms with E-state index in [1.165, 1.54) is 0 Å². The molecule has 2 N–H and O–H groups in total. The van der Waals surface area contributed by atoms with Gasteiger partial charge in [-0.05, 0) is 34.1 Å². The fourth-order valence-electron chi connectivity index (χ4n) is 2.08. The lowest BCUT2D eigenvalue weighted by Crippen LogP contribution is -2.03. The maximum absolute atomic E-state index is 5.87. The van der Waals surface area contributed by atoms with E-state index in [4.69, 9.17) is 10.5 Å². The standard InChI is InChI=1S/C15H14BrN3O/c16-13-5-3-4-11(8-17)15(13)20-10-12-9-19-7-2-1-6-14(19)18-12/h1-7,9H,8,10,17H2. The van der Waals surface area contributed by atoms with Crippen LogP contribution in [0.4, 0.5) is 0 Å². The van der Waals surface area contributed by atoms with Gasteiger partial charge in [-0.3, -0.25) is 0 Å². The molecule has 4 nitrogen and oxygen atoms in total. The molecule has 3 aromatic rings. The number of hydrogen-bond donors (Lipinski definition) is 1. The Balaban J connectivity index is 1.82. The Bertz CT molecular complexity index is 706.